The molecule has 0 radical (unpaired) electrons. The molecular weight excluding hydrogens is 274 g/mol. The molecule has 2 rings (SSSR count). The van der Waals surface area contributed by atoms with Crippen molar-refractivity contribution in [2.45, 2.75) is 25.1 Å². The number of hydrogen-bond donors (Lipinski definition) is 1. The maximum absolute atomic E-state index is 5.46. The van der Waals surface area contributed by atoms with E-state index in [2.05, 4.69) is 60.9 Å². The predicted octanol–water partition coefficient (Wildman–Crippen LogP) is 3.50. The predicted molar refractivity (Wildman–Crippen MR) is 87.7 cm³/mol. The first kappa shape index (κ1) is 15.1. The van der Waals surface area contributed by atoms with Gasteiger partial charge < -0.3 is 10.1 Å². The van der Waals surface area contributed by atoms with Crippen LogP contribution in [0.5, 0.6) is 5.75 Å². The molecular formula is C15H23NOS2. The van der Waals surface area contributed by atoms with Crippen molar-refractivity contribution in [2.24, 2.45) is 0 Å². The van der Waals surface area contributed by atoms with Crippen LogP contribution in [-0.2, 0) is 0 Å². The van der Waals surface area contributed by atoms with E-state index in [1.165, 1.54) is 28.4 Å². The highest BCUT2D eigenvalue weighted by Crippen LogP contribution is 2.27. The molecule has 4 heteroatoms. The first-order chi connectivity index (χ1) is 9.20. The van der Waals surface area contributed by atoms with Gasteiger partial charge in [-0.25, -0.2) is 0 Å². The lowest BCUT2D eigenvalue weighted by molar-refractivity contribution is 0.401. The molecule has 1 heterocycles. The standard InChI is InChI=1S/C15H23NOS2/c1-11-4-5-15(17-3)14(8-11)12(2)16-9-13-10-18-6-7-19-13/h4-5,8,12-13,16H,6-7,9-10H2,1-3H3. The molecule has 1 N–H and O–H groups in total. The summed E-state index contributed by atoms with van der Waals surface area (Å²) >= 11 is 4.17. The quantitative estimate of drug-likeness (QED) is 0.897. The van der Waals surface area contributed by atoms with Crippen molar-refractivity contribution < 1.29 is 4.74 Å². The molecule has 19 heavy (non-hydrogen) atoms. The molecule has 106 valence electrons. The zero-order valence-electron chi connectivity index (χ0n) is 11.9. The largest absolute Gasteiger partial charge is 0.496 e. The summed E-state index contributed by atoms with van der Waals surface area (Å²) in [6, 6.07) is 6.72. The molecule has 0 spiro atoms. The lowest BCUT2D eigenvalue weighted by atomic mass is 10.0. The number of hydrogen-bond acceptors (Lipinski definition) is 4. The van der Waals surface area contributed by atoms with E-state index in [0.717, 1.165) is 17.5 Å². The maximum Gasteiger partial charge on any atom is 0.123 e. The second kappa shape index (κ2) is 7.46. The number of aryl methyl sites for hydroxylation is 1. The summed E-state index contributed by atoms with van der Waals surface area (Å²) < 4.78 is 5.46. The van der Waals surface area contributed by atoms with E-state index < -0.39 is 0 Å². The number of rotatable bonds is 5. The van der Waals surface area contributed by atoms with Crippen LogP contribution < -0.4 is 10.1 Å². The highest BCUT2D eigenvalue weighted by molar-refractivity contribution is 8.06. The van der Waals surface area contributed by atoms with Crippen molar-refractivity contribution in [2.75, 3.05) is 30.9 Å². The summed E-state index contributed by atoms with van der Waals surface area (Å²) in [6.45, 7) is 5.43. The van der Waals surface area contributed by atoms with E-state index >= 15 is 0 Å². The molecule has 1 aromatic carbocycles. The summed E-state index contributed by atoms with van der Waals surface area (Å²) in [5.74, 6) is 4.85. The van der Waals surface area contributed by atoms with Gasteiger partial charge in [-0.1, -0.05) is 17.7 Å². The average molecular weight is 297 g/mol. The van der Waals surface area contributed by atoms with Crippen LogP contribution in [0.4, 0.5) is 0 Å². The van der Waals surface area contributed by atoms with Gasteiger partial charge in [0, 0.05) is 40.7 Å². The Morgan fingerprint density at radius 3 is 2.95 bits per heavy atom. The van der Waals surface area contributed by atoms with E-state index in [-0.39, 0.29) is 0 Å². The Morgan fingerprint density at radius 2 is 2.26 bits per heavy atom. The summed E-state index contributed by atoms with van der Waals surface area (Å²) in [5, 5.41) is 4.40. The lowest BCUT2D eigenvalue weighted by Gasteiger charge is -2.24. The van der Waals surface area contributed by atoms with Gasteiger partial charge in [-0.2, -0.15) is 23.5 Å². The first-order valence-electron chi connectivity index (χ1n) is 6.78. The third-order valence-corrected chi connectivity index (χ3v) is 6.23. The summed E-state index contributed by atoms with van der Waals surface area (Å²) in [7, 11) is 1.74. The molecule has 0 aliphatic carbocycles. The molecule has 2 nitrogen and oxygen atoms in total. The van der Waals surface area contributed by atoms with Crippen LogP contribution in [0.15, 0.2) is 18.2 Å². The Hall–Kier alpha value is -0.320. The number of ether oxygens (including phenoxy) is 1. The van der Waals surface area contributed by atoms with Gasteiger partial charge in [-0.15, -0.1) is 0 Å². The smallest absolute Gasteiger partial charge is 0.123 e. The number of methoxy groups -OCH3 is 1. The summed E-state index contributed by atoms with van der Waals surface area (Å²) in [6.07, 6.45) is 0. The van der Waals surface area contributed by atoms with Gasteiger partial charge in [0.2, 0.25) is 0 Å². The van der Waals surface area contributed by atoms with Gasteiger partial charge in [0.15, 0.2) is 0 Å². The van der Waals surface area contributed by atoms with E-state index in [1.54, 1.807) is 7.11 Å². The van der Waals surface area contributed by atoms with Crippen molar-refractivity contribution in [1.29, 1.82) is 0 Å². The van der Waals surface area contributed by atoms with Crippen LogP contribution in [0, 0.1) is 6.92 Å². The topological polar surface area (TPSA) is 21.3 Å². The number of thioether (sulfide) groups is 2. The van der Waals surface area contributed by atoms with Crippen molar-refractivity contribution in [3.63, 3.8) is 0 Å². The minimum Gasteiger partial charge on any atom is -0.496 e. The maximum atomic E-state index is 5.46. The van der Waals surface area contributed by atoms with E-state index in [1.807, 2.05) is 0 Å². The molecule has 1 aliphatic rings. The molecule has 1 fully saturated rings. The normalized spacial score (nSPS) is 21.1. The van der Waals surface area contributed by atoms with E-state index in [4.69, 9.17) is 4.74 Å². The Balaban J connectivity index is 1.94. The zero-order valence-corrected chi connectivity index (χ0v) is 13.6. The fourth-order valence-electron chi connectivity index (χ4n) is 2.26. The monoisotopic (exact) mass is 297 g/mol. The molecule has 0 bridgehead atoms. The zero-order chi connectivity index (χ0) is 13.7. The van der Waals surface area contributed by atoms with Crippen LogP contribution in [0.1, 0.15) is 24.1 Å². The lowest BCUT2D eigenvalue weighted by Crippen LogP contribution is -2.31. The highest BCUT2D eigenvalue weighted by atomic mass is 32.2. The van der Waals surface area contributed by atoms with Gasteiger partial charge in [0.25, 0.3) is 0 Å². The molecule has 2 unspecified atom stereocenters. The van der Waals surface area contributed by atoms with Crippen LogP contribution in [-0.4, -0.2) is 36.2 Å². The molecule has 1 aliphatic heterocycles. The molecule has 0 aromatic heterocycles. The van der Waals surface area contributed by atoms with Crippen LogP contribution in [0.25, 0.3) is 0 Å². The molecule has 2 atom stereocenters. The van der Waals surface area contributed by atoms with Crippen molar-refractivity contribution in [3.8, 4) is 5.75 Å². The van der Waals surface area contributed by atoms with Gasteiger partial charge in [-0.3, -0.25) is 0 Å². The van der Waals surface area contributed by atoms with Gasteiger partial charge in [-0.05, 0) is 19.9 Å². The van der Waals surface area contributed by atoms with Crippen molar-refractivity contribution >= 4 is 23.5 Å². The Kier molecular flexibility index (Phi) is 5.92. The fraction of sp³-hybridized carbons (Fsp3) is 0.600. The van der Waals surface area contributed by atoms with Crippen molar-refractivity contribution in [1.82, 2.24) is 5.32 Å². The minimum absolute atomic E-state index is 0.336. The van der Waals surface area contributed by atoms with Crippen LogP contribution in [0.3, 0.4) is 0 Å². The third-order valence-electron chi connectivity index (χ3n) is 3.39. The van der Waals surface area contributed by atoms with Crippen LogP contribution in [0.2, 0.25) is 0 Å². The van der Waals surface area contributed by atoms with Crippen molar-refractivity contribution in [3.05, 3.63) is 29.3 Å². The average Bonchev–Trinajstić information content (AvgIpc) is 2.46. The highest BCUT2D eigenvalue weighted by Gasteiger charge is 2.17. The van der Waals surface area contributed by atoms with Gasteiger partial charge >= 0.3 is 0 Å². The van der Waals surface area contributed by atoms with Crippen LogP contribution >= 0.6 is 23.5 Å². The van der Waals surface area contributed by atoms with E-state index in [0.29, 0.717) is 6.04 Å². The number of nitrogens with one attached hydrogen (secondary N) is 1. The number of benzene rings is 1. The summed E-state index contributed by atoms with van der Waals surface area (Å²) in [4.78, 5) is 0. The Bertz CT molecular complexity index is 405. The molecule has 1 aromatic rings. The molecule has 0 amide bonds. The summed E-state index contributed by atoms with van der Waals surface area (Å²) in [5.41, 5.74) is 2.54. The Labute approximate surface area is 125 Å². The second-order valence-corrected chi connectivity index (χ2v) is 7.50. The minimum atomic E-state index is 0.336. The second-order valence-electron chi connectivity index (χ2n) is 4.94. The SMILES string of the molecule is COc1ccc(C)cc1C(C)NCC1CSCCS1. The molecule has 1 saturated heterocycles. The Morgan fingerprint density at radius 1 is 1.42 bits per heavy atom. The van der Waals surface area contributed by atoms with Gasteiger partial charge in [0.05, 0.1) is 7.11 Å². The fourth-order valence-corrected chi connectivity index (χ4v) is 4.89. The first-order valence-corrected chi connectivity index (χ1v) is 8.98. The molecule has 0 saturated carbocycles. The van der Waals surface area contributed by atoms with Gasteiger partial charge in [0.1, 0.15) is 5.75 Å². The third kappa shape index (κ3) is 4.33. The van der Waals surface area contributed by atoms with E-state index in [9.17, 15) is 0 Å².